The van der Waals surface area contributed by atoms with Crippen molar-refractivity contribution in [1.29, 1.82) is 0 Å². The Balaban J connectivity index is 2.16. The van der Waals surface area contributed by atoms with E-state index < -0.39 is 12.4 Å². The molecule has 106 valence electrons. The zero-order valence-electron chi connectivity index (χ0n) is 11.7. The fourth-order valence-electron chi connectivity index (χ4n) is 2.74. The van der Waals surface area contributed by atoms with E-state index in [9.17, 15) is 5.11 Å². The Kier molecular flexibility index (Phi) is 5.31. The van der Waals surface area contributed by atoms with Crippen LogP contribution in [0.25, 0.3) is 0 Å². The lowest BCUT2D eigenvalue weighted by Gasteiger charge is -2.32. The number of pyridine rings is 1. The van der Waals surface area contributed by atoms with E-state index in [4.69, 9.17) is 9.47 Å². The van der Waals surface area contributed by atoms with Crippen molar-refractivity contribution in [3.63, 3.8) is 0 Å². The second-order valence-electron chi connectivity index (χ2n) is 4.82. The molecule has 2 rings (SSSR count). The summed E-state index contributed by atoms with van der Waals surface area (Å²) in [6.07, 6.45) is 3.62. The largest absolute Gasteiger partial charge is 0.387 e. The maximum absolute atomic E-state index is 10.6. The topological polar surface area (TPSA) is 51.6 Å². The van der Waals surface area contributed by atoms with E-state index in [-0.39, 0.29) is 5.92 Å². The summed E-state index contributed by atoms with van der Waals surface area (Å²) in [5.41, 5.74) is 2.25. The van der Waals surface area contributed by atoms with Gasteiger partial charge in [-0.05, 0) is 44.7 Å². The van der Waals surface area contributed by atoms with Crippen molar-refractivity contribution in [2.75, 3.05) is 13.2 Å². The number of fused-ring (bicyclic) bond motifs is 1. The molecule has 4 nitrogen and oxygen atoms in total. The van der Waals surface area contributed by atoms with Gasteiger partial charge in [-0.3, -0.25) is 4.98 Å². The standard InChI is InChI=1S/C15H23NO3/c1-3-18-15(19-4-2)14(17)12-9-5-7-11-8-6-10-16-13(11)12/h6,8,10,12,14-15,17H,3-5,7,9H2,1-2H3. The van der Waals surface area contributed by atoms with Gasteiger partial charge in [-0.25, -0.2) is 0 Å². The molecule has 2 unspecified atom stereocenters. The summed E-state index contributed by atoms with van der Waals surface area (Å²) in [7, 11) is 0. The van der Waals surface area contributed by atoms with Gasteiger partial charge in [0.25, 0.3) is 0 Å². The van der Waals surface area contributed by atoms with Crippen molar-refractivity contribution in [1.82, 2.24) is 4.98 Å². The smallest absolute Gasteiger partial charge is 0.184 e. The molecular weight excluding hydrogens is 242 g/mol. The van der Waals surface area contributed by atoms with E-state index in [1.165, 1.54) is 5.56 Å². The number of aryl methyl sites for hydroxylation is 1. The first-order valence-corrected chi connectivity index (χ1v) is 7.13. The highest BCUT2D eigenvalue weighted by atomic mass is 16.7. The van der Waals surface area contributed by atoms with Gasteiger partial charge in [0, 0.05) is 31.0 Å². The van der Waals surface area contributed by atoms with Crippen LogP contribution in [0.1, 0.15) is 43.9 Å². The third-order valence-electron chi connectivity index (χ3n) is 3.59. The molecule has 19 heavy (non-hydrogen) atoms. The van der Waals surface area contributed by atoms with Gasteiger partial charge in [-0.2, -0.15) is 0 Å². The maximum atomic E-state index is 10.6. The van der Waals surface area contributed by atoms with Gasteiger partial charge in [-0.15, -0.1) is 0 Å². The molecule has 4 heteroatoms. The first-order valence-electron chi connectivity index (χ1n) is 7.13. The molecule has 2 atom stereocenters. The van der Waals surface area contributed by atoms with Gasteiger partial charge in [0.05, 0.1) is 0 Å². The minimum absolute atomic E-state index is 0.00745. The first-order chi connectivity index (χ1) is 9.27. The monoisotopic (exact) mass is 265 g/mol. The maximum Gasteiger partial charge on any atom is 0.184 e. The molecule has 0 spiro atoms. The fraction of sp³-hybridized carbons (Fsp3) is 0.667. The van der Waals surface area contributed by atoms with E-state index in [0.717, 1.165) is 25.0 Å². The normalized spacial score (nSPS) is 20.3. The van der Waals surface area contributed by atoms with Crippen molar-refractivity contribution in [3.05, 3.63) is 29.6 Å². The number of rotatable bonds is 6. The number of aliphatic hydroxyl groups is 1. The van der Waals surface area contributed by atoms with Crippen LogP contribution in [0.4, 0.5) is 0 Å². The molecule has 0 fully saturated rings. The molecule has 0 radical (unpaired) electrons. The number of hydrogen-bond donors (Lipinski definition) is 1. The molecule has 0 aromatic carbocycles. The van der Waals surface area contributed by atoms with Crippen LogP contribution in [0.5, 0.6) is 0 Å². The molecule has 0 amide bonds. The highest BCUT2D eigenvalue weighted by molar-refractivity contribution is 5.27. The first kappa shape index (κ1) is 14.4. The number of hydrogen-bond acceptors (Lipinski definition) is 4. The van der Waals surface area contributed by atoms with Crippen molar-refractivity contribution in [2.45, 2.75) is 51.4 Å². The average Bonchev–Trinajstić information content (AvgIpc) is 2.46. The molecule has 0 bridgehead atoms. The van der Waals surface area contributed by atoms with Crippen LogP contribution >= 0.6 is 0 Å². The van der Waals surface area contributed by atoms with Crippen LogP contribution in [-0.4, -0.2) is 35.7 Å². The summed E-state index contributed by atoms with van der Waals surface area (Å²) in [5, 5.41) is 10.6. The number of aromatic nitrogens is 1. The Labute approximate surface area is 114 Å². The van der Waals surface area contributed by atoms with E-state index in [1.807, 2.05) is 19.9 Å². The van der Waals surface area contributed by atoms with E-state index in [2.05, 4.69) is 11.1 Å². The lowest BCUT2D eigenvalue weighted by atomic mass is 9.83. The summed E-state index contributed by atoms with van der Waals surface area (Å²) in [6.45, 7) is 4.88. The Morgan fingerprint density at radius 2 is 2.11 bits per heavy atom. The minimum Gasteiger partial charge on any atom is -0.387 e. The van der Waals surface area contributed by atoms with E-state index in [1.54, 1.807) is 6.20 Å². The molecule has 1 N–H and O–H groups in total. The molecular formula is C15H23NO3. The van der Waals surface area contributed by atoms with Crippen LogP contribution < -0.4 is 0 Å². The molecule has 0 aliphatic heterocycles. The van der Waals surface area contributed by atoms with Gasteiger partial charge in [0.1, 0.15) is 6.10 Å². The Bertz CT molecular complexity index is 391. The van der Waals surface area contributed by atoms with Crippen LogP contribution in [0.3, 0.4) is 0 Å². The number of nitrogens with zero attached hydrogens (tertiary/aromatic N) is 1. The van der Waals surface area contributed by atoms with Crippen LogP contribution in [0.15, 0.2) is 18.3 Å². The average molecular weight is 265 g/mol. The van der Waals surface area contributed by atoms with Crippen molar-refractivity contribution >= 4 is 0 Å². The molecule has 0 saturated heterocycles. The summed E-state index contributed by atoms with van der Waals surface area (Å²) in [6, 6.07) is 4.05. The quantitative estimate of drug-likeness (QED) is 0.802. The van der Waals surface area contributed by atoms with Crippen LogP contribution in [-0.2, 0) is 15.9 Å². The summed E-state index contributed by atoms with van der Waals surface area (Å²) in [4.78, 5) is 4.45. The van der Waals surface area contributed by atoms with Gasteiger partial charge in [-0.1, -0.05) is 6.07 Å². The molecule has 1 aliphatic carbocycles. The van der Waals surface area contributed by atoms with E-state index >= 15 is 0 Å². The third-order valence-corrected chi connectivity index (χ3v) is 3.59. The highest BCUT2D eigenvalue weighted by Crippen LogP contribution is 2.34. The lowest BCUT2D eigenvalue weighted by Crippen LogP contribution is -2.38. The molecule has 1 aromatic rings. The van der Waals surface area contributed by atoms with Crippen LogP contribution in [0.2, 0.25) is 0 Å². The molecule has 0 saturated carbocycles. The molecule has 1 heterocycles. The minimum atomic E-state index is -0.658. The van der Waals surface area contributed by atoms with Gasteiger partial charge in [0.2, 0.25) is 0 Å². The van der Waals surface area contributed by atoms with Gasteiger partial charge in [0.15, 0.2) is 6.29 Å². The Hall–Kier alpha value is -0.970. The number of ether oxygens (including phenoxy) is 2. The summed E-state index contributed by atoms with van der Waals surface area (Å²) >= 11 is 0. The Morgan fingerprint density at radius 3 is 2.79 bits per heavy atom. The fourth-order valence-corrected chi connectivity index (χ4v) is 2.74. The highest BCUT2D eigenvalue weighted by Gasteiger charge is 2.33. The predicted molar refractivity (Wildman–Crippen MR) is 73.0 cm³/mol. The number of aliphatic hydroxyl groups excluding tert-OH is 1. The molecule has 1 aromatic heterocycles. The van der Waals surface area contributed by atoms with E-state index in [0.29, 0.717) is 13.2 Å². The summed E-state index contributed by atoms with van der Waals surface area (Å²) in [5.74, 6) is 0.00745. The second-order valence-corrected chi connectivity index (χ2v) is 4.82. The van der Waals surface area contributed by atoms with Crippen molar-refractivity contribution in [3.8, 4) is 0 Å². The zero-order valence-corrected chi connectivity index (χ0v) is 11.7. The molecule has 1 aliphatic rings. The lowest BCUT2D eigenvalue weighted by molar-refractivity contribution is -0.195. The van der Waals surface area contributed by atoms with Crippen molar-refractivity contribution < 1.29 is 14.6 Å². The van der Waals surface area contributed by atoms with Gasteiger partial charge < -0.3 is 14.6 Å². The zero-order chi connectivity index (χ0) is 13.7. The SMILES string of the molecule is CCOC(OCC)C(O)C1CCCc2cccnc21. The third kappa shape index (κ3) is 3.32. The van der Waals surface area contributed by atoms with Crippen LogP contribution in [0, 0.1) is 0 Å². The predicted octanol–water partition coefficient (Wildman–Crippen LogP) is 2.26. The Morgan fingerprint density at radius 1 is 1.37 bits per heavy atom. The second kappa shape index (κ2) is 6.98. The summed E-state index contributed by atoms with van der Waals surface area (Å²) < 4.78 is 11.0. The van der Waals surface area contributed by atoms with Crippen molar-refractivity contribution in [2.24, 2.45) is 0 Å². The van der Waals surface area contributed by atoms with Gasteiger partial charge >= 0.3 is 0 Å².